The van der Waals surface area contributed by atoms with Crippen molar-refractivity contribution in [3.8, 4) is 11.4 Å². The molecule has 0 radical (unpaired) electrons. The lowest BCUT2D eigenvalue weighted by atomic mass is 10.2. The van der Waals surface area contributed by atoms with Gasteiger partial charge in [-0.3, -0.25) is 0 Å². The molecule has 3 aromatic rings. The summed E-state index contributed by atoms with van der Waals surface area (Å²) in [7, 11) is 0. The first-order chi connectivity index (χ1) is 9.94. The lowest BCUT2D eigenvalue weighted by Crippen LogP contribution is -1.98. The van der Waals surface area contributed by atoms with E-state index in [1.807, 2.05) is 0 Å². The molecule has 0 saturated carbocycles. The number of fused-ring (bicyclic) bond motifs is 1. The summed E-state index contributed by atoms with van der Waals surface area (Å²) in [6, 6.07) is 6.20. The van der Waals surface area contributed by atoms with E-state index in [1.54, 1.807) is 6.07 Å². The van der Waals surface area contributed by atoms with Gasteiger partial charge in [-0.2, -0.15) is 0 Å². The van der Waals surface area contributed by atoms with Gasteiger partial charge in [0.25, 0.3) is 0 Å². The number of aromatic carboxylic acids is 1. The van der Waals surface area contributed by atoms with Crippen LogP contribution in [0, 0.1) is 11.6 Å². The van der Waals surface area contributed by atoms with Gasteiger partial charge in [-0.25, -0.2) is 18.6 Å². The zero-order chi connectivity index (χ0) is 15.1. The highest BCUT2D eigenvalue weighted by Crippen LogP contribution is 2.26. The Morgan fingerprint density at radius 2 is 1.86 bits per heavy atom. The molecular formula is C14H7BrF2N2O2. The Labute approximate surface area is 125 Å². The second-order valence-corrected chi connectivity index (χ2v) is 5.31. The Kier molecular flexibility index (Phi) is 3.21. The zero-order valence-electron chi connectivity index (χ0n) is 10.3. The fraction of sp³-hybridized carbons (Fsp3) is 0. The van der Waals surface area contributed by atoms with Crippen molar-refractivity contribution in [2.45, 2.75) is 0 Å². The number of H-pyrrole nitrogens is 1. The normalized spacial score (nSPS) is 11.0. The van der Waals surface area contributed by atoms with E-state index in [-0.39, 0.29) is 22.4 Å². The number of nitrogens with zero attached hydrogens (tertiary/aromatic N) is 1. The van der Waals surface area contributed by atoms with Gasteiger partial charge in [0.2, 0.25) is 0 Å². The number of carboxylic acid groups (broad SMARTS) is 1. The fourth-order valence-corrected chi connectivity index (χ4v) is 2.54. The van der Waals surface area contributed by atoms with Crippen molar-refractivity contribution in [3.63, 3.8) is 0 Å². The number of nitrogens with one attached hydrogen (secondary N) is 1. The first-order valence-electron chi connectivity index (χ1n) is 5.83. The molecule has 0 aliphatic heterocycles. The molecule has 0 saturated heterocycles. The second kappa shape index (κ2) is 4.92. The molecule has 0 amide bonds. The highest BCUT2D eigenvalue weighted by Gasteiger charge is 2.16. The van der Waals surface area contributed by atoms with Crippen LogP contribution in [-0.4, -0.2) is 21.0 Å². The van der Waals surface area contributed by atoms with Gasteiger partial charge in [-0.15, -0.1) is 0 Å². The molecule has 1 aromatic heterocycles. The number of halogens is 3. The summed E-state index contributed by atoms with van der Waals surface area (Å²) >= 11 is 3.17. The summed E-state index contributed by atoms with van der Waals surface area (Å²) in [5, 5.41) is 9.09. The Morgan fingerprint density at radius 3 is 2.52 bits per heavy atom. The molecular weight excluding hydrogens is 346 g/mol. The number of aromatic nitrogens is 2. The first kappa shape index (κ1) is 13.7. The molecule has 0 bridgehead atoms. The maximum absolute atomic E-state index is 13.4. The number of imidazole rings is 1. The van der Waals surface area contributed by atoms with Gasteiger partial charge in [0.15, 0.2) is 0 Å². The van der Waals surface area contributed by atoms with Crippen LogP contribution < -0.4 is 0 Å². The van der Waals surface area contributed by atoms with Gasteiger partial charge in [0, 0.05) is 10.0 Å². The van der Waals surface area contributed by atoms with Gasteiger partial charge < -0.3 is 10.1 Å². The van der Waals surface area contributed by atoms with Crippen molar-refractivity contribution in [1.82, 2.24) is 9.97 Å². The average molecular weight is 353 g/mol. The maximum atomic E-state index is 13.4. The predicted octanol–water partition coefficient (Wildman–Crippen LogP) is 3.97. The molecule has 0 spiro atoms. The molecule has 0 unspecified atom stereocenters. The predicted molar refractivity (Wildman–Crippen MR) is 76.1 cm³/mol. The van der Waals surface area contributed by atoms with Crippen molar-refractivity contribution >= 4 is 32.9 Å². The molecule has 0 fully saturated rings. The van der Waals surface area contributed by atoms with Crippen molar-refractivity contribution in [2.75, 3.05) is 0 Å². The summed E-state index contributed by atoms with van der Waals surface area (Å²) in [6.45, 7) is 0. The Hall–Kier alpha value is -2.28. The number of hydrogen-bond donors (Lipinski definition) is 2. The van der Waals surface area contributed by atoms with Crippen LogP contribution in [0.15, 0.2) is 34.8 Å². The van der Waals surface area contributed by atoms with Crippen molar-refractivity contribution in [2.24, 2.45) is 0 Å². The molecule has 0 aliphatic rings. The van der Waals surface area contributed by atoms with E-state index in [0.29, 0.717) is 10.0 Å². The molecule has 7 heteroatoms. The van der Waals surface area contributed by atoms with Gasteiger partial charge in [0.05, 0.1) is 11.1 Å². The van der Waals surface area contributed by atoms with Crippen LogP contribution in [0.5, 0.6) is 0 Å². The van der Waals surface area contributed by atoms with Crippen LogP contribution in [0.2, 0.25) is 0 Å². The quantitative estimate of drug-likeness (QED) is 0.733. The van der Waals surface area contributed by atoms with Gasteiger partial charge in [-0.05, 0) is 30.3 Å². The number of rotatable bonds is 2. The Morgan fingerprint density at radius 1 is 1.14 bits per heavy atom. The first-order valence-corrected chi connectivity index (χ1v) is 6.62. The second-order valence-electron chi connectivity index (χ2n) is 4.40. The van der Waals surface area contributed by atoms with Crippen LogP contribution >= 0.6 is 15.9 Å². The fourth-order valence-electron chi connectivity index (χ4n) is 2.07. The highest BCUT2D eigenvalue weighted by molar-refractivity contribution is 9.10. The SMILES string of the molecule is O=C(O)c1cc(F)cc2[nH]c(-c3cc(F)cc(Br)c3)nc12. The van der Waals surface area contributed by atoms with Gasteiger partial charge >= 0.3 is 5.97 Å². The van der Waals surface area contributed by atoms with E-state index in [4.69, 9.17) is 5.11 Å². The molecule has 0 aliphatic carbocycles. The van der Waals surface area contributed by atoms with Crippen molar-refractivity contribution in [1.29, 1.82) is 0 Å². The summed E-state index contributed by atoms with van der Waals surface area (Å²) < 4.78 is 27.4. The largest absolute Gasteiger partial charge is 0.478 e. The third kappa shape index (κ3) is 2.52. The van der Waals surface area contributed by atoms with Crippen LogP contribution in [0.25, 0.3) is 22.4 Å². The third-order valence-corrected chi connectivity index (χ3v) is 3.38. The number of benzene rings is 2. The number of hydrogen-bond acceptors (Lipinski definition) is 2. The molecule has 4 nitrogen and oxygen atoms in total. The van der Waals surface area contributed by atoms with Crippen LogP contribution in [0.3, 0.4) is 0 Å². The van der Waals surface area contributed by atoms with Crippen molar-refractivity contribution < 1.29 is 18.7 Å². The molecule has 21 heavy (non-hydrogen) atoms. The highest BCUT2D eigenvalue weighted by atomic mass is 79.9. The van der Waals surface area contributed by atoms with Crippen LogP contribution in [0.1, 0.15) is 10.4 Å². The molecule has 0 atom stereocenters. The van der Waals surface area contributed by atoms with E-state index >= 15 is 0 Å². The maximum Gasteiger partial charge on any atom is 0.338 e. The summed E-state index contributed by atoms with van der Waals surface area (Å²) in [6.07, 6.45) is 0. The minimum atomic E-state index is -1.28. The topological polar surface area (TPSA) is 66.0 Å². The minimum Gasteiger partial charge on any atom is -0.478 e. The van der Waals surface area contributed by atoms with E-state index in [0.717, 1.165) is 12.1 Å². The van der Waals surface area contributed by atoms with E-state index in [1.165, 1.54) is 12.1 Å². The number of aromatic amines is 1. The molecule has 3 rings (SSSR count). The van der Waals surface area contributed by atoms with E-state index < -0.39 is 17.6 Å². The van der Waals surface area contributed by atoms with Crippen LogP contribution in [-0.2, 0) is 0 Å². The summed E-state index contributed by atoms with van der Waals surface area (Å²) in [5.41, 5.74) is 0.542. The van der Waals surface area contributed by atoms with Gasteiger partial charge in [0.1, 0.15) is 23.0 Å². The lowest BCUT2D eigenvalue weighted by Gasteiger charge is -1.98. The van der Waals surface area contributed by atoms with Crippen molar-refractivity contribution in [3.05, 3.63) is 52.0 Å². The standard InChI is InChI=1S/C14H7BrF2N2O2/c15-7-1-6(2-8(16)3-7)13-18-11-5-9(17)4-10(14(20)21)12(11)19-13/h1-5H,(H,18,19)(H,20,21). The van der Waals surface area contributed by atoms with Crippen LogP contribution in [0.4, 0.5) is 8.78 Å². The number of carbonyl (C=O) groups is 1. The molecule has 106 valence electrons. The number of carboxylic acids is 1. The summed E-state index contributed by atoms with van der Waals surface area (Å²) in [4.78, 5) is 18.1. The molecule has 1 heterocycles. The van der Waals surface area contributed by atoms with E-state index in [2.05, 4.69) is 25.9 Å². The zero-order valence-corrected chi connectivity index (χ0v) is 11.9. The summed E-state index contributed by atoms with van der Waals surface area (Å²) in [5.74, 6) is -2.17. The monoisotopic (exact) mass is 352 g/mol. The Bertz CT molecular complexity index is 857. The molecule has 2 aromatic carbocycles. The smallest absolute Gasteiger partial charge is 0.338 e. The minimum absolute atomic E-state index is 0.124. The van der Waals surface area contributed by atoms with Gasteiger partial charge in [-0.1, -0.05) is 15.9 Å². The third-order valence-electron chi connectivity index (χ3n) is 2.92. The Balaban J connectivity index is 2.26. The van der Waals surface area contributed by atoms with E-state index in [9.17, 15) is 13.6 Å². The molecule has 2 N–H and O–H groups in total. The lowest BCUT2D eigenvalue weighted by molar-refractivity contribution is 0.0698. The average Bonchev–Trinajstić information content (AvgIpc) is 2.79.